The minimum atomic E-state index is -0.324. The van der Waals surface area contributed by atoms with Crippen molar-refractivity contribution >= 4 is 51.8 Å². The molecule has 4 aromatic rings. The summed E-state index contributed by atoms with van der Waals surface area (Å²) in [6.45, 7) is 0. The highest BCUT2D eigenvalue weighted by Gasteiger charge is 2.07. The summed E-state index contributed by atoms with van der Waals surface area (Å²) in [6, 6.07) is 12.9. The Morgan fingerprint density at radius 2 is 2.00 bits per heavy atom. The molecule has 0 saturated heterocycles. The summed E-state index contributed by atoms with van der Waals surface area (Å²) in [4.78, 5) is 17.2. The Hall–Kier alpha value is -3.45. The molecule has 0 bridgehead atoms. The van der Waals surface area contributed by atoms with Crippen LogP contribution in [-0.2, 0) is 0 Å². The first-order valence-electron chi connectivity index (χ1n) is 7.96. The summed E-state index contributed by atoms with van der Waals surface area (Å²) in [5.41, 5.74) is 3.03. The van der Waals surface area contributed by atoms with Crippen LogP contribution in [0.1, 0.15) is 10.6 Å². The summed E-state index contributed by atoms with van der Waals surface area (Å²) in [7, 11) is 0. The lowest BCUT2D eigenvalue weighted by molar-refractivity contribution is 0.262. The van der Waals surface area contributed by atoms with E-state index in [-0.39, 0.29) is 6.03 Å². The van der Waals surface area contributed by atoms with E-state index >= 15 is 0 Å². The number of nitrogens with zero attached hydrogens (tertiary/aromatic N) is 2. The Morgan fingerprint density at radius 1 is 1.08 bits per heavy atom. The highest BCUT2D eigenvalue weighted by Crippen LogP contribution is 2.22. The van der Waals surface area contributed by atoms with Gasteiger partial charge >= 0.3 is 6.03 Å². The fraction of sp³-hybridized carbons (Fsp3) is 0. The number of thiophene rings is 1. The molecule has 0 aliphatic heterocycles. The lowest BCUT2D eigenvalue weighted by Crippen LogP contribution is -2.19. The molecular weight excluding hydrogens is 346 g/mol. The van der Waals surface area contributed by atoms with Gasteiger partial charge in [0.2, 0.25) is 0 Å². The molecule has 3 N–H and O–H groups in total. The van der Waals surface area contributed by atoms with Crippen LogP contribution in [0, 0.1) is 0 Å². The molecule has 26 heavy (non-hydrogen) atoms. The molecule has 2 amide bonds. The number of nitrogens with one attached hydrogen (secondary N) is 3. The highest BCUT2D eigenvalue weighted by atomic mass is 32.1. The van der Waals surface area contributed by atoms with E-state index in [1.807, 2.05) is 41.8 Å². The van der Waals surface area contributed by atoms with E-state index in [0.29, 0.717) is 11.4 Å². The van der Waals surface area contributed by atoms with Crippen molar-refractivity contribution < 1.29 is 4.79 Å². The van der Waals surface area contributed by atoms with Crippen LogP contribution in [0.2, 0.25) is 0 Å². The van der Waals surface area contributed by atoms with Crippen LogP contribution in [0.3, 0.4) is 0 Å². The first-order valence-corrected chi connectivity index (χ1v) is 8.84. The Kier molecular flexibility index (Phi) is 4.44. The minimum absolute atomic E-state index is 0.324. The molecule has 7 heteroatoms. The van der Waals surface area contributed by atoms with Crippen molar-refractivity contribution in [2.45, 2.75) is 0 Å². The number of anilines is 2. The van der Waals surface area contributed by atoms with Crippen LogP contribution in [-0.4, -0.2) is 21.2 Å². The number of rotatable bonds is 4. The number of H-pyrrole nitrogens is 1. The molecule has 4 rings (SSSR count). The topological polar surface area (TPSA) is 82.7 Å². The van der Waals surface area contributed by atoms with Gasteiger partial charge in [0, 0.05) is 22.1 Å². The van der Waals surface area contributed by atoms with E-state index in [9.17, 15) is 4.79 Å². The quantitative estimate of drug-likeness (QED) is 0.487. The van der Waals surface area contributed by atoms with Crippen LogP contribution < -0.4 is 10.6 Å². The van der Waals surface area contributed by atoms with Crippen molar-refractivity contribution in [1.29, 1.82) is 0 Å². The molecule has 0 radical (unpaired) electrons. The van der Waals surface area contributed by atoms with Gasteiger partial charge in [0.25, 0.3) is 0 Å². The Bertz CT molecular complexity index is 1050. The molecule has 128 valence electrons. The van der Waals surface area contributed by atoms with Crippen molar-refractivity contribution in [3.63, 3.8) is 0 Å². The molecule has 0 aliphatic carbocycles. The van der Waals surface area contributed by atoms with Gasteiger partial charge in [-0.1, -0.05) is 6.07 Å². The highest BCUT2D eigenvalue weighted by molar-refractivity contribution is 7.10. The van der Waals surface area contributed by atoms with Gasteiger partial charge in [0.05, 0.1) is 23.1 Å². The largest absolute Gasteiger partial charge is 0.323 e. The fourth-order valence-corrected chi connectivity index (χ4v) is 3.14. The zero-order valence-electron chi connectivity index (χ0n) is 13.6. The molecule has 3 heterocycles. The molecule has 3 aromatic heterocycles. The Morgan fingerprint density at radius 3 is 2.81 bits per heavy atom. The van der Waals surface area contributed by atoms with Crippen molar-refractivity contribution in [3.05, 3.63) is 70.8 Å². The average molecular weight is 361 g/mol. The van der Waals surface area contributed by atoms with E-state index in [0.717, 1.165) is 16.6 Å². The molecule has 0 atom stereocenters. The number of carbonyl (C=O) groups excluding carboxylic acids is 1. The van der Waals surface area contributed by atoms with Gasteiger partial charge in [-0.05, 0) is 53.9 Å². The van der Waals surface area contributed by atoms with Gasteiger partial charge < -0.3 is 10.6 Å². The summed E-state index contributed by atoms with van der Waals surface area (Å²) < 4.78 is 0. The lowest BCUT2D eigenvalue weighted by Gasteiger charge is -2.07. The number of aromatic nitrogens is 3. The van der Waals surface area contributed by atoms with Crippen molar-refractivity contribution in [3.8, 4) is 0 Å². The summed E-state index contributed by atoms with van der Waals surface area (Å²) in [5, 5.41) is 15.9. The van der Waals surface area contributed by atoms with Crippen LogP contribution in [0.25, 0.3) is 23.1 Å². The third-order valence-corrected chi connectivity index (χ3v) is 4.56. The predicted molar refractivity (Wildman–Crippen MR) is 106 cm³/mol. The maximum Gasteiger partial charge on any atom is 0.323 e. The van der Waals surface area contributed by atoms with Crippen LogP contribution in [0.4, 0.5) is 16.2 Å². The minimum Gasteiger partial charge on any atom is -0.308 e. The molecule has 0 saturated carbocycles. The smallest absolute Gasteiger partial charge is 0.308 e. The number of aromatic amines is 1. The van der Waals surface area contributed by atoms with Crippen molar-refractivity contribution in [1.82, 2.24) is 15.2 Å². The average Bonchev–Trinajstić information content (AvgIpc) is 3.30. The number of carbonyl (C=O) groups is 1. The maximum atomic E-state index is 12.1. The van der Waals surface area contributed by atoms with Gasteiger partial charge in [-0.3, -0.25) is 10.1 Å². The van der Waals surface area contributed by atoms with Crippen molar-refractivity contribution in [2.24, 2.45) is 0 Å². The summed E-state index contributed by atoms with van der Waals surface area (Å²) in [6.07, 6.45) is 7.25. The van der Waals surface area contributed by atoms with E-state index in [1.54, 1.807) is 35.9 Å². The van der Waals surface area contributed by atoms with Crippen molar-refractivity contribution in [2.75, 3.05) is 10.6 Å². The molecule has 1 aromatic carbocycles. The van der Waals surface area contributed by atoms with E-state index in [2.05, 4.69) is 31.9 Å². The second-order valence-corrected chi connectivity index (χ2v) is 6.52. The van der Waals surface area contributed by atoms with Gasteiger partial charge in [0.15, 0.2) is 0 Å². The maximum absolute atomic E-state index is 12.1. The lowest BCUT2D eigenvalue weighted by atomic mass is 10.2. The second kappa shape index (κ2) is 7.20. The van der Waals surface area contributed by atoms with Crippen LogP contribution in [0.15, 0.2) is 60.2 Å². The molecule has 6 nitrogen and oxygen atoms in total. The predicted octanol–water partition coefficient (Wildman–Crippen LogP) is 4.83. The van der Waals surface area contributed by atoms with Gasteiger partial charge in [-0.2, -0.15) is 5.10 Å². The molecule has 0 unspecified atom stereocenters. The summed E-state index contributed by atoms with van der Waals surface area (Å²) in [5.74, 6) is 0. The first kappa shape index (κ1) is 16.0. The van der Waals surface area contributed by atoms with Crippen LogP contribution >= 0.6 is 11.3 Å². The number of benzene rings is 1. The molecule has 0 aliphatic rings. The van der Waals surface area contributed by atoms with E-state index < -0.39 is 0 Å². The Balaban J connectivity index is 1.49. The van der Waals surface area contributed by atoms with Gasteiger partial charge in [-0.25, -0.2) is 4.79 Å². The van der Waals surface area contributed by atoms with Gasteiger partial charge in [0.1, 0.15) is 0 Å². The zero-order valence-corrected chi connectivity index (χ0v) is 14.5. The standard InChI is InChI=1S/C19H15N5OS/c25-19(22-14-3-1-9-20-12-14)21-13-5-7-16-17(23-24-18(16)11-13)8-6-15-4-2-10-26-15/h1-12H,(H,23,24)(H2,21,22,25)/b8-6+. The van der Waals surface area contributed by atoms with Crippen LogP contribution in [0.5, 0.6) is 0 Å². The van der Waals surface area contributed by atoms with Gasteiger partial charge in [-0.15, -0.1) is 11.3 Å². The molecule has 0 fully saturated rings. The number of urea groups is 1. The number of hydrogen-bond donors (Lipinski definition) is 3. The number of fused-ring (bicyclic) bond motifs is 1. The molecular formula is C19H15N5OS. The third-order valence-electron chi connectivity index (χ3n) is 3.72. The number of amides is 2. The Labute approximate surface area is 153 Å². The second-order valence-electron chi connectivity index (χ2n) is 5.54. The van der Waals surface area contributed by atoms with E-state index in [4.69, 9.17) is 0 Å². The molecule has 0 spiro atoms. The monoisotopic (exact) mass is 361 g/mol. The van der Waals surface area contributed by atoms with E-state index in [1.165, 1.54) is 4.88 Å². The number of hydrogen-bond acceptors (Lipinski definition) is 4. The fourth-order valence-electron chi connectivity index (χ4n) is 2.52. The third kappa shape index (κ3) is 3.62. The SMILES string of the molecule is O=C(Nc1cccnc1)Nc1ccc2c(/C=C/c3cccs3)n[nH]c2c1. The normalized spacial score (nSPS) is 11.1. The summed E-state index contributed by atoms with van der Waals surface area (Å²) >= 11 is 1.68. The number of pyridine rings is 1. The first-order chi connectivity index (χ1) is 12.8. The zero-order chi connectivity index (χ0) is 17.8.